The largest absolute Gasteiger partial charge is 0.416 e. The minimum atomic E-state index is -4.36. The number of rotatable bonds is 4. The van der Waals surface area contributed by atoms with Crippen molar-refractivity contribution in [3.63, 3.8) is 0 Å². The number of nitrogens with zero attached hydrogens (tertiary/aromatic N) is 4. The third-order valence-electron chi connectivity index (χ3n) is 5.50. The maximum atomic E-state index is 12.6. The van der Waals surface area contributed by atoms with Crippen LogP contribution in [0.2, 0.25) is 0 Å². The van der Waals surface area contributed by atoms with Gasteiger partial charge in [-0.1, -0.05) is 18.2 Å². The first-order valence-corrected chi connectivity index (χ1v) is 9.82. The second-order valence-electron chi connectivity index (χ2n) is 7.53. The molecule has 4 rings (SSSR count). The van der Waals surface area contributed by atoms with Crippen LogP contribution in [0.4, 0.5) is 19.1 Å². The molecule has 3 aromatic rings. The van der Waals surface area contributed by atoms with Crippen molar-refractivity contribution >= 4 is 17.5 Å². The van der Waals surface area contributed by atoms with E-state index in [0.29, 0.717) is 31.5 Å². The summed E-state index contributed by atoms with van der Waals surface area (Å²) in [4.78, 5) is 14.6. The molecule has 158 valence electrons. The van der Waals surface area contributed by atoms with E-state index in [4.69, 9.17) is 0 Å². The van der Waals surface area contributed by atoms with E-state index in [9.17, 15) is 18.0 Å². The van der Waals surface area contributed by atoms with E-state index in [-0.39, 0.29) is 18.4 Å². The fraction of sp³-hybridized carbons (Fsp3) is 0.381. The van der Waals surface area contributed by atoms with E-state index in [2.05, 4.69) is 20.4 Å². The molecule has 1 amide bonds. The fourth-order valence-electron chi connectivity index (χ4n) is 3.77. The Bertz CT molecular complexity index is 1040. The number of amides is 1. The van der Waals surface area contributed by atoms with Gasteiger partial charge in [-0.2, -0.15) is 13.2 Å². The number of alkyl halides is 3. The summed E-state index contributed by atoms with van der Waals surface area (Å²) in [7, 11) is 0. The van der Waals surface area contributed by atoms with Crippen molar-refractivity contribution in [3.05, 3.63) is 59.3 Å². The molecule has 1 fully saturated rings. The van der Waals surface area contributed by atoms with Gasteiger partial charge in [-0.05, 0) is 49.6 Å². The van der Waals surface area contributed by atoms with Crippen LogP contribution < -0.4 is 10.2 Å². The Morgan fingerprint density at radius 2 is 1.80 bits per heavy atom. The minimum absolute atomic E-state index is 0.0724. The van der Waals surface area contributed by atoms with Crippen LogP contribution in [0.5, 0.6) is 0 Å². The van der Waals surface area contributed by atoms with E-state index >= 15 is 0 Å². The van der Waals surface area contributed by atoms with Gasteiger partial charge in [0, 0.05) is 31.2 Å². The van der Waals surface area contributed by atoms with E-state index in [1.54, 1.807) is 0 Å². The Hall–Kier alpha value is -3.10. The normalized spacial score (nSPS) is 15.5. The highest BCUT2D eigenvalue weighted by Crippen LogP contribution is 2.29. The number of nitrogens with one attached hydrogen (secondary N) is 1. The van der Waals surface area contributed by atoms with Crippen LogP contribution in [0.1, 0.15) is 29.7 Å². The molecule has 0 aliphatic carbocycles. The molecule has 30 heavy (non-hydrogen) atoms. The number of carbonyl (C=O) groups is 1. The van der Waals surface area contributed by atoms with Crippen molar-refractivity contribution < 1.29 is 18.0 Å². The summed E-state index contributed by atoms with van der Waals surface area (Å²) in [5.41, 5.74) is 1.78. The van der Waals surface area contributed by atoms with Crippen molar-refractivity contribution in [1.82, 2.24) is 19.9 Å². The van der Waals surface area contributed by atoms with Crippen LogP contribution in [0.15, 0.2) is 42.5 Å². The van der Waals surface area contributed by atoms with E-state index < -0.39 is 11.7 Å². The highest BCUT2D eigenvalue weighted by Gasteiger charge is 2.30. The standard InChI is InChI=1S/C21H22F3N5O/c1-14-3-2-4-18-26-27-20(29(14)18)28-11-9-16(10-12-28)19(30)25-13-15-5-7-17(8-6-15)21(22,23)24/h2-8,16H,9-13H2,1H3,(H,25,30). The maximum absolute atomic E-state index is 12.6. The highest BCUT2D eigenvalue weighted by molar-refractivity contribution is 5.79. The summed E-state index contributed by atoms with van der Waals surface area (Å²) in [5, 5.41) is 11.4. The zero-order valence-electron chi connectivity index (χ0n) is 16.5. The molecule has 1 aliphatic heterocycles. The first-order chi connectivity index (χ1) is 14.3. The third-order valence-corrected chi connectivity index (χ3v) is 5.50. The van der Waals surface area contributed by atoms with Gasteiger partial charge in [-0.3, -0.25) is 9.20 Å². The van der Waals surface area contributed by atoms with Gasteiger partial charge in [0.1, 0.15) is 0 Å². The van der Waals surface area contributed by atoms with Gasteiger partial charge in [0.05, 0.1) is 5.56 Å². The first-order valence-electron chi connectivity index (χ1n) is 9.82. The summed E-state index contributed by atoms with van der Waals surface area (Å²) in [5.74, 6) is 0.583. The summed E-state index contributed by atoms with van der Waals surface area (Å²) in [6, 6.07) is 10.7. The lowest BCUT2D eigenvalue weighted by atomic mass is 9.96. The molecule has 1 aromatic carbocycles. The van der Waals surface area contributed by atoms with Crippen molar-refractivity contribution in [2.24, 2.45) is 5.92 Å². The van der Waals surface area contributed by atoms with Gasteiger partial charge in [0.2, 0.25) is 11.9 Å². The molecule has 1 N–H and O–H groups in total. The number of carbonyl (C=O) groups excluding carboxylic acids is 1. The lowest BCUT2D eigenvalue weighted by Crippen LogP contribution is -2.41. The van der Waals surface area contributed by atoms with Crippen LogP contribution in [-0.2, 0) is 17.5 Å². The second-order valence-corrected chi connectivity index (χ2v) is 7.53. The third kappa shape index (κ3) is 4.10. The number of fused-ring (bicyclic) bond motifs is 1. The smallest absolute Gasteiger partial charge is 0.352 e. The van der Waals surface area contributed by atoms with Crippen LogP contribution in [0, 0.1) is 12.8 Å². The zero-order chi connectivity index (χ0) is 21.3. The van der Waals surface area contributed by atoms with Crippen molar-refractivity contribution in [2.45, 2.75) is 32.5 Å². The molecule has 9 heteroatoms. The zero-order valence-corrected chi connectivity index (χ0v) is 16.5. The van der Waals surface area contributed by atoms with Crippen LogP contribution in [0.3, 0.4) is 0 Å². The quantitative estimate of drug-likeness (QED) is 0.705. The molecular formula is C21H22F3N5O. The van der Waals surface area contributed by atoms with Gasteiger partial charge >= 0.3 is 6.18 Å². The minimum Gasteiger partial charge on any atom is -0.352 e. The topological polar surface area (TPSA) is 62.5 Å². The van der Waals surface area contributed by atoms with E-state index in [0.717, 1.165) is 29.4 Å². The molecule has 1 saturated heterocycles. The lowest BCUT2D eigenvalue weighted by molar-refractivity contribution is -0.137. The van der Waals surface area contributed by atoms with Gasteiger partial charge in [-0.25, -0.2) is 0 Å². The van der Waals surface area contributed by atoms with Gasteiger partial charge < -0.3 is 10.2 Å². The Balaban J connectivity index is 1.32. The van der Waals surface area contributed by atoms with Crippen molar-refractivity contribution in [1.29, 1.82) is 0 Å². The molecule has 0 spiro atoms. The Labute approximate surface area is 171 Å². The Morgan fingerprint density at radius 1 is 1.10 bits per heavy atom. The molecular weight excluding hydrogens is 395 g/mol. The van der Waals surface area contributed by atoms with Gasteiger partial charge in [0.25, 0.3) is 0 Å². The predicted molar refractivity (Wildman–Crippen MR) is 106 cm³/mol. The monoisotopic (exact) mass is 417 g/mol. The lowest BCUT2D eigenvalue weighted by Gasteiger charge is -2.31. The van der Waals surface area contributed by atoms with Crippen molar-refractivity contribution in [3.8, 4) is 0 Å². The molecule has 6 nitrogen and oxygen atoms in total. The molecule has 0 radical (unpaired) electrons. The summed E-state index contributed by atoms with van der Waals surface area (Å²) >= 11 is 0. The summed E-state index contributed by atoms with van der Waals surface area (Å²) < 4.78 is 39.9. The number of pyridine rings is 1. The molecule has 0 saturated carbocycles. The molecule has 0 unspecified atom stereocenters. The number of hydrogen-bond donors (Lipinski definition) is 1. The van der Waals surface area contributed by atoms with Gasteiger partial charge in [0.15, 0.2) is 5.65 Å². The summed E-state index contributed by atoms with van der Waals surface area (Å²) in [6.45, 7) is 3.59. The van der Waals surface area contributed by atoms with Crippen LogP contribution >= 0.6 is 0 Å². The van der Waals surface area contributed by atoms with E-state index in [1.165, 1.54) is 12.1 Å². The number of anilines is 1. The first kappa shape index (κ1) is 20.2. The van der Waals surface area contributed by atoms with Crippen LogP contribution in [0.25, 0.3) is 5.65 Å². The second kappa shape index (κ2) is 7.97. The SMILES string of the molecule is Cc1cccc2nnc(N3CCC(C(=O)NCc4ccc(C(F)(F)F)cc4)CC3)n12. The van der Waals surface area contributed by atoms with Crippen LogP contribution in [-0.4, -0.2) is 33.6 Å². The Kier molecular flexibility index (Phi) is 5.36. The highest BCUT2D eigenvalue weighted by atomic mass is 19.4. The van der Waals surface area contributed by atoms with Gasteiger partial charge in [-0.15, -0.1) is 10.2 Å². The predicted octanol–water partition coefficient (Wildman–Crippen LogP) is 3.59. The number of aryl methyl sites for hydroxylation is 1. The number of hydrogen-bond acceptors (Lipinski definition) is 4. The molecule has 2 aromatic heterocycles. The number of benzene rings is 1. The Morgan fingerprint density at radius 3 is 2.47 bits per heavy atom. The number of aromatic nitrogens is 3. The maximum Gasteiger partial charge on any atom is 0.416 e. The summed E-state index contributed by atoms with van der Waals surface area (Å²) in [6.07, 6.45) is -3.00. The van der Waals surface area contributed by atoms with E-state index in [1.807, 2.05) is 29.5 Å². The average molecular weight is 417 g/mol. The van der Waals surface area contributed by atoms with Crippen molar-refractivity contribution in [2.75, 3.05) is 18.0 Å². The molecule has 0 bridgehead atoms. The fourth-order valence-corrected chi connectivity index (χ4v) is 3.77. The number of halogens is 3. The molecule has 0 atom stereocenters. The average Bonchev–Trinajstić information content (AvgIpc) is 3.17. The number of piperidine rings is 1. The molecule has 3 heterocycles. The molecule has 1 aliphatic rings.